The molecule has 0 heterocycles. The van der Waals surface area contributed by atoms with Gasteiger partial charge >= 0.3 is 5.97 Å². The maximum absolute atomic E-state index is 13.5. The van der Waals surface area contributed by atoms with E-state index in [-0.39, 0.29) is 11.4 Å². The quantitative estimate of drug-likeness (QED) is 0.802. The van der Waals surface area contributed by atoms with Crippen molar-refractivity contribution in [2.24, 2.45) is 0 Å². The van der Waals surface area contributed by atoms with E-state index in [1.54, 1.807) is 0 Å². The summed E-state index contributed by atoms with van der Waals surface area (Å²) < 4.78 is 39.0. The summed E-state index contributed by atoms with van der Waals surface area (Å²) in [6.45, 7) is 0. The van der Waals surface area contributed by atoms with Crippen LogP contribution in [0.3, 0.4) is 0 Å². The highest BCUT2D eigenvalue weighted by atomic mass is 35.5. The van der Waals surface area contributed by atoms with Crippen molar-refractivity contribution in [2.45, 2.75) is 17.4 Å². The minimum Gasteiger partial charge on any atom is -0.480 e. The van der Waals surface area contributed by atoms with Gasteiger partial charge in [-0.3, -0.25) is 4.79 Å². The predicted molar refractivity (Wildman–Crippen MR) is 66.6 cm³/mol. The Kier molecular flexibility index (Phi) is 4.89. The summed E-state index contributed by atoms with van der Waals surface area (Å²) in [5, 5.41) is 8.81. The lowest BCUT2D eigenvalue weighted by molar-refractivity contribution is -0.138. The third kappa shape index (κ3) is 3.92. The van der Waals surface area contributed by atoms with E-state index in [1.165, 1.54) is 6.07 Å². The lowest BCUT2D eigenvalue weighted by atomic mass is 10.2. The van der Waals surface area contributed by atoms with Gasteiger partial charge in [-0.2, -0.15) is 4.72 Å². The molecule has 102 valence electrons. The number of nitrogens with one attached hydrogen (secondary N) is 1. The third-order valence-electron chi connectivity index (χ3n) is 2.10. The first-order valence-electron chi connectivity index (χ1n) is 4.91. The van der Waals surface area contributed by atoms with E-state index in [9.17, 15) is 17.6 Å². The number of halogens is 2. The van der Waals surface area contributed by atoms with Crippen molar-refractivity contribution in [3.8, 4) is 12.3 Å². The maximum atomic E-state index is 13.5. The Morgan fingerprint density at radius 3 is 2.68 bits per heavy atom. The molecule has 19 heavy (non-hydrogen) atoms. The molecule has 2 N–H and O–H groups in total. The van der Waals surface area contributed by atoms with E-state index in [4.69, 9.17) is 23.1 Å². The maximum Gasteiger partial charge on any atom is 0.322 e. The largest absolute Gasteiger partial charge is 0.480 e. The molecule has 1 rings (SSSR count). The fourth-order valence-corrected chi connectivity index (χ4v) is 2.65. The highest BCUT2D eigenvalue weighted by Gasteiger charge is 2.26. The number of hydrogen-bond acceptors (Lipinski definition) is 3. The normalized spacial score (nSPS) is 12.7. The molecule has 1 atom stereocenters. The molecular formula is C11H9ClFNO4S. The minimum atomic E-state index is -4.33. The summed E-state index contributed by atoms with van der Waals surface area (Å²) in [6, 6.07) is 1.41. The first-order chi connectivity index (χ1) is 8.77. The molecule has 0 saturated carbocycles. The number of sulfonamides is 1. The first-order valence-corrected chi connectivity index (χ1v) is 6.77. The molecule has 0 radical (unpaired) electrons. The van der Waals surface area contributed by atoms with E-state index >= 15 is 0 Å². The van der Waals surface area contributed by atoms with E-state index in [0.717, 1.165) is 12.1 Å². The molecular weight excluding hydrogens is 297 g/mol. The van der Waals surface area contributed by atoms with Crippen LogP contribution in [0.2, 0.25) is 5.02 Å². The minimum absolute atomic E-state index is 0.0230. The van der Waals surface area contributed by atoms with Crippen LogP contribution in [0.25, 0.3) is 0 Å². The second-order valence-corrected chi connectivity index (χ2v) is 5.61. The molecule has 1 aromatic carbocycles. The van der Waals surface area contributed by atoms with Crippen LogP contribution in [0.15, 0.2) is 23.1 Å². The standard InChI is InChI=1S/C11H9ClFNO4S/c1-2-3-9(11(15)16)14-19(17,18)10-5-4-7(12)6-8(10)13/h1,4-6,9,14H,3H2,(H,15,16). The van der Waals surface area contributed by atoms with Gasteiger partial charge in [0.05, 0.1) is 0 Å². The van der Waals surface area contributed by atoms with Gasteiger partial charge in [0.15, 0.2) is 0 Å². The summed E-state index contributed by atoms with van der Waals surface area (Å²) in [5.41, 5.74) is 0. The van der Waals surface area contributed by atoms with Gasteiger partial charge in [0.2, 0.25) is 10.0 Å². The summed E-state index contributed by atoms with van der Waals surface area (Å²) in [5.74, 6) is -0.503. The van der Waals surface area contributed by atoms with Gasteiger partial charge in [-0.1, -0.05) is 11.6 Å². The Morgan fingerprint density at radius 2 is 2.21 bits per heavy atom. The van der Waals surface area contributed by atoms with Crippen molar-refractivity contribution in [3.63, 3.8) is 0 Å². The number of carboxylic acids is 1. The number of benzene rings is 1. The molecule has 0 aliphatic carbocycles. The fourth-order valence-electron chi connectivity index (χ4n) is 1.24. The molecule has 0 saturated heterocycles. The van der Waals surface area contributed by atoms with Gasteiger partial charge < -0.3 is 5.11 Å². The number of terminal acetylenes is 1. The van der Waals surface area contributed by atoms with Crippen molar-refractivity contribution in [1.29, 1.82) is 0 Å². The molecule has 0 aliphatic rings. The van der Waals surface area contributed by atoms with Crippen LogP contribution in [-0.4, -0.2) is 25.5 Å². The molecule has 0 amide bonds. The van der Waals surface area contributed by atoms with Crippen molar-refractivity contribution >= 4 is 27.6 Å². The van der Waals surface area contributed by atoms with Crippen molar-refractivity contribution in [3.05, 3.63) is 29.0 Å². The number of carboxylic acid groups (broad SMARTS) is 1. The summed E-state index contributed by atoms with van der Waals surface area (Å²) >= 11 is 5.50. The van der Waals surface area contributed by atoms with E-state index in [0.29, 0.717) is 0 Å². The Morgan fingerprint density at radius 1 is 1.58 bits per heavy atom. The molecule has 1 unspecified atom stereocenters. The zero-order chi connectivity index (χ0) is 14.6. The number of carbonyl (C=O) groups is 1. The summed E-state index contributed by atoms with van der Waals surface area (Å²) in [7, 11) is -4.33. The summed E-state index contributed by atoms with van der Waals surface area (Å²) in [4.78, 5) is 10.1. The van der Waals surface area contributed by atoms with Gasteiger partial charge in [-0.15, -0.1) is 12.3 Å². The lowest BCUT2D eigenvalue weighted by Gasteiger charge is -2.12. The van der Waals surface area contributed by atoms with Crippen molar-refractivity contribution in [1.82, 2.24) is 4.72 Å². The topological polar surface area (TPSA) is 83.5 Å². The van der Waals surface area contributed by atoms with Crippen LogP contribution in [0, 0.1) is 18.2 Å². The first kappa shape index (κ1) is 15.4. The molecule has 0 bridgehead atoms. The van der Waals surface area contributed by atoms with Gasteiger partial charge in [-0.25, -0.2) is 12.8 Å². The number of aliphatic carboxylic acids is 1. The number of rotatable bonds is 5. The van der Waals surface area contributed by atoms with Crippen LogP contribution in [0.1, 0.15) is 6.42 Å². The molecule has 1 aromatic rings. The third-order valence-corrected chi connectivity index (χ3v) is 3.84. The number of hydrogen-bond donors (Lipinski definition) is 2. The Labute approximate surface area is 114 Å². The van der Waals surface area contributed by atoms with E-state index in [1.807, 2.05) is 10.6 Å². The predicted octanol–water partition coefficient (Wildman–Crippen LogP) is 1.23. The Hall–Kier alpha value is -1.62. The van der Waals surface area contributed by atoms with Crippen LogP contribution in [0.4, 0.5) is 4.39 Å². The van der Waals surface area contributed by atoms with Crippen LogP contribution >= 0.6 is 11.6 Å². The van der Waals surface area contributed by atoms with Crippen LogP contribution < -0.4 is 4.72 Å². The SMILES string of the molecule is C#CCC(NS(=O)(=O)c1ccc(Cl)cc1F)C(=O)O. The van der Waals surface area contributed by atoms with Crippen LogP contribution in [0.5, 0.6) is 0 Å². The molecule has 0 aromatic heterocycles. The second-order valence-electron chi connectivity index (χ2n) is 3.50. The smallest absolute Gasteiger partial charge is 0.322 e. The van der Waals surface area contributed by atoms with Crippen molar-refractivity contribution < 1.29 is 22.7 Å². The monoisotopic (exact) mass is 305 g/mol. The molecule has 0 aliphatic heterocycles. The van der Waals surface area contributed by atoms with Gasteiger partial charge in [0.25, 0.3) is 0 Å². The lowest BCUT2D eigenvalue weighted by Crippen LogP contribution is -2.40. The Bertz CT molecular complexity index is 639. The Balaban J connectivity index is 3.11. The zero-order valence-corrected chi connectivity index (χ0v) is 11.0. The molecule has 5 nitrogen and oxygen atoms in total. The molecule has 0 spiro atoms. The van der Waals surface area contributed by atoms with Gasteiger partial charge in [0, 0.05) is 11.4 Å². The highest BCUT2D eigenvalue weighted by Crippen LogP contribution is 2.19. The van der Waals surface area contributed by atoms with Gasteiger partial charge in [-0.05, 0) is 18.2 Å². The highest BCUT2D eigenvalue weighted by molar-refractivity contribution is 7.89. The second kappa shape index (κ2) is 6.02. The van der Waals surface area contributed by atoms with Gasteiger partial charge in [0.1, 0.15) is 16.8 Å². The fraction of sp³-hybridized carbons (Fsp3) is 0.182. The average molecular weight is 306 g/mol. The van der Waals surface area contributed by atoms with E-state index in [2.05, 4.69) is 0 Å². The van der Waals surface area contributed by atoms with Crippen molar-refractivity contribution in [2.75, 3.05) is 0 Å². The van der Waals surface area contributed by atoms with Crippen LogP contribution in [-0.2, 0) is 14.8 Å². The molecule has 0 fully saturated rings. The summed E-state index contributed by atoms with van der Waals surface area (Å²) in [6.07, 6.45) is 4.58. The average Bonchev–Trinajstić information content (AvgIpc) is 2.27. The van der Waals surface area contributed by atoms with E-state index < -0.39 is 32.7 Å². The zero-order valence-electron chi connectivity index (χ0n) is 9.43. The molecule has 8 heteroatoms.